The number of amides is 2. The molecule has 7 nitrogen and oxygen atoms in total. The summed E-state index contributed by atoms with van der Waals surface area (Å²) in [5.74, 6) is 0.0120. The van der Waals surface area contributed by atoms with E-state index in [-0.39, 0.29) is 11.6 Å². The van der Waals surface area contributed by atoms with E-state index in [1.807, 2.05) is 62.0 Å². The molecule has 0 aliphatic carbocycles. The van der Waals surface area contributed by atoms with Gasteiger partial charge in [0, 0.05) is 30.5 Å². The summed E-state index contributed by atoms with van der Waals surface area (Å²) < 4.78 is 3.52. The van der Waals surface area contributed by atoms with Gasteiger partial charge in [0.25, 0.3) is 5.91 Å². The first kappa shape index (κ1) is 20.7. The maximum Gasteiger partial charge on any atom is 0.272 e. The quantitative estimate of drug-likeness (QED) is 0.674. The fraction of sp³-hybridized carbons (Fsp3) is 0.286. The Labute approximate surface area is 174 Å². The predicted molar refractivity (Wildman–Crippen MR) is 113 cm³/mol. The highest BCUT2D eigenvalue weighted by molar-refractivity contribution is 6.30. The maximum atomic E-state index is 12.9. The summed E-state index contributed by atoms with van der Waals surface area (Å²) in [6.45, 7) is 5.68. The molecule has 29 heavy (non-hydrogen) atoms. The number of hydrogen-bond donors (Lipinski definition) is 2. The average molecular weight is 414 g/mol. The van der Waals surface area contributed by atoms with Gasteiger partial charge < -0.3 is 15.2 Å². The molecule has 0 saturated heterocycles. The van der Waals surface area contributed by atoms with Crippen LogP contribution < -0.4 is 10.6 Å². The number of halogens is 1. The summed E-state index contributed by atoms with van der Waals surface area (Å²) in [7, 11) is 1.55. The fourth-order valence-corrected chi connectivity index (χ4v) is 3.08. The first-order valence-corrected chi connectivity index (χ1v) is 9.60. The summed E-state index contributed by atoms with van der Waals surface area (Å²) in [5, 5.41) is 10.5. The molecule has 0 fully saturated rings. The Morgan fingerprint density at radius 1 is 1.10 bits per heavy atom. The van der Waals surface area contributed by atoms with E-state index < -0.39 is 17.4 Å². The van der Waals surface area contributed by atoms with E-state index in [0.29, 0.717) is 10.8 Å². The van der Waals surface area contributed by atoms with Gasteiger partial charge in [0.05, 0.1) is 5.69 Å². The third-order valence-electron chi connectivity index (χ3n) is 4.51. The van der Waals surface area contributed by atoms with Crippen molar-refractivity contribution in [3.05, 3.63) is 65.6 Å². The van der Waals surface area contributed by atoms with Gasteiger partial charge in [-0.3, -0.25) is 9.59 Å². The van der Waals surface area contributed by atoms with Crippen molar-refractivity contribution < 1.29 is 9.59 Å². The van der Waals surface area contributed by atoms with E-state index in [4.69, 9.17) is 11.6 Å². The first-order chi connectivity index (χ1) is 13.7. The van der Waals surface area contributed by atoms with Crippen molar-refractivity contribution in [1.29, 1.82) is 0 Å². The number of benzene rings is 1. The molecule has 2 amide bonds. The van der Waals surface area contributed by atoms with Gasteiger partial charge in [0.1, 0.15) is 11.9 Å². The van der Waals surface area contributed by atoms with Crippen molar-refractivity contribution in [3.8, 4) is 11.5 Å². The normalized spacial score (nSPS) is 12.4. The van der Waals surface area contributed by atoms with Gasteiger partial charge in [0.2, 0.25) is 5.91 Å². The highest BCUT2D eigenvalue weighted by atomic mass is 35.5. The minimum absolute atomic E-state index is 0.210. The van der Waals surface area contributed by atoms with Crippen LogP contribution in [0.25, 0.3) is 11.5 Å². The smallest absolute Gasteiger partial charge is 0.272 e. The fourth-order valence-electron chi connectivity index (χ4n) is 2.95. The number of hydrogen-bond acceptors (Lipinski definition) is 3. The monoisotopic (exact) mass is 413 g/mol. The van der Waals surface area contributed by atoms with Crippen molar-refractivity contribution in [2.24, 2.45) is 5.41 Å². The van der Waals surface area contributed by atoms with E-state index in [2.05, 4.69) is 15.7 Å². The zero-order chi connectivity index (χ0) is 21.2. The number of nitrogens with one attached hydrogen (secondary N) is 2. The topological polar surface area (TPSA) is 81.0 Å². The molecule has 3 aromatic rings. The molecule has 1 aromatic carbocycles. The predicted octanol–water partition coefficient (Wildman–Crippen LogP) is 3.21. The molecule has 152 valence electrons. The molecule has 0 aliphatic heterocycles. The lowest BCUT2D eigenvalue weighted by Gasteiger charge is -2.29. The van der Waals surface area contributed by atoms with Crippen LogP contribution in [0.3, 0.4) is 0 Å². The van der Waals surface area contributed by atoms with Crippen LogP contribution in [0.4, 0.5) is 0 Å². The van der Waals surface area contributed by atoms with Crippen LogP contribution in [-0.4, -0.2) is 39.3 Å². The molecule has 3 rings (SSSR count). The minimum atomic E-state index is -0.698. The summed E-state index contributed by atoms with van der Waals surface area (Å²) >= 11 is 6.00. The largest absolute Gasteiger partial charge is 0.357 e. The second-order valence-corrected chi connectivity index (χ2v) is 8.19. The Balaban J connectivity index is 1.99. The summed E-state index contributed by atoms with van der Waals surface area (Å²) in [6.07, 6.45) is 3.74. The lowest BCUT2D eigenvalue weighted by molar-refractivity contribution is -0.124. The van der Waals surface area contributed by atoms with Crippen LogP contribution in [0.15, 0.2) is 54.9 Å². The molecule has 0 bridgehead atoms. The van der Waals surface area contributed by atoms with Crippen LogP contribution in [0.5, 0.6) is 0 Å². The third kappa shape index (κ3) is 4.51. The Morgan fingerprint density at radius 3 is 2.28 bits per heavy atom. The summed E-state index contributed by atoms with van der Waals surface area (Å²) in [4.78, 5) is 25.2. The molecular weight excluding hydrogens is 390 g/mol. The molecule has 0 unspecified atom stereocenters. The van der Waals surface area contributed by atoms with Gasteiger partial charge in [-0.05, 0) is 41.8 Å². The van der Waals surface area contributed by atoms with E-state index in [1.165, 1.54) is 0 Å². The van der Waals surface area contributed by atoms with Gasteiger partial charge in [0.15, 0.2) is 5.69 Å². The number of likely N-dealkylation sites (N-methyl/N-ethyl adjacent to an activating group) is 1. The second-order valence-electron chi connectivity index (χ2n) is 7.75. The zero-order valence-electron chi connectivity index (χ0n) is 16.8. The first-order valence-electron chi connectivity index (χ1n) is 9.22. The highest BCUT2D eigenvalue weighted by Crippen LogP contribution is 2.22. The molecule has 2 N–H and O–H groups in total. The maximum absolute atomic E-state index is 12.9. The average Bonchev–Trinajstić information content (AvgIpc) is 3.34. The van der Waals surface area contributed by atoms with E-state index >= 15 is 0 Å². The molecule has 2 heterocycles. The van der Waals surface area contributed by atoms with Gasteiger partial charge in [-0.25, -0.2) is 4.68 Å². The molecule has 1 atom stereocenters. The van der Waals surface area contributed by atoms with Crippen molar-refractivity contribution in [3.63, 3.8) is 0 Å². The Bertz CT molecular complexity index is 1000. The Hall–Kier alpha value is -3.06. The number of rotatable bonds is 5. The molecule has 8 heteroatoms. The second kappa shape index (κ2) is 8.13. The van der Waals surface area contributed by atoms with E-state index in [0.717, 1.165) is 5.69 Å². The number of carbonyl (C=O) groups excluding carboxylic acids is 2. The van der Waals surface area contributed by atoms with Gasteiger partial charge >= 0.3 is 0 Å². The van der Waals surface area contributed by atoms with Gasteiger partial charge in [-0.15, -0.1) is 0 Å². The lowest BCUT2D eigenvalue weighted by Crippen LogP contribution is -2.52. The summed E-state index contributed by atoms with van der Waals surface area (Å²) in [6, 6.07) is 11.9. The lowest BCUT2D eigenvalue weighted by atomic mass is 9.86. The third-order valence-corrected chi connectivity index (χ3v) is 4.77. The van der Waals surface area contributed by atoms with Crippen LogP contribution in [0.2, 0.25) is 5.02 Å². The van der Waals surface area contributed by atoms with Crippen molar-refractivity contribution in [2.45, 2.75) is 26.8 Å². The molecule has 2 aromatic heterocycles. The molecular formula is C21H24ClN5O2. The van der Waals surface area contributed by atoms with Crippen molar-refractivity contribution in [1.82, 2.24) is 25.0 Å². The standard InChI is InChI=1S/C21H24ClN5O2/c1-21(2,3)18(20(29)23-4)24-19(28)16-13-17(26-11-5-6-12-26)27(25-16)15-9-7-14(22)8-10-15/h5-13,18H,1-4H3,(H,23,29)(H,24,28)/t18-/m1/s1. The summed E-state index contributed by atoms with van der Waals surface area (Å²) in [5.41, 5.74) is 0.509. The van der Waals surface area contributed by atoms with Crippen LogP contribution >= 0.6 is 11.6 Å². The number of carbonyl (C=O) groups is 2. The molecule has 0 saturated carbocycles. The van der Waals surface area contributed by atoms with Gasteiger partial charge in [-0.2, -0.15) is 5.10 Å². The number of aromatic nitrogens is 3. The Morgan fingerprint density at radius 2 is 1.72 bits per heavy atom. The molecule has 0 spiro atoms. The molecule has 0 aliphatic rings. The highest BCUT2D eigenvalue weighted by Gasteiger charge is 2.33. The molecule has 0 radical (unpaired) electrons. The Kier molecular flexibility index (Phi) is 5.79. The number of nitrogens with zero attached hydrogens (tertiary/aromatic N) is 3. The van der Waals surface area contributed by atoms with Crippen molar-refractivity contribution >= 4 is 23.4 Å². The van der Waals surface area contributed by atoms with Crippen LogP contribution in [0.1, 0.15) is 31.3 Å². The van der Waals surface area contributed by atoms with Crippen LogP contribution in [-0.2, 0) is 4.79 Å². The van der Waals surface area contributed by atoms with Crippen molar-refractivity contribution in [2.75, 3.05) is 7.05 Å². The zero-order valence-corrected chi connectivity index (χ0v) is 17.6. The van der Waals surface area contributed by atoms with Gasteiger partial charge in [-0.1, -0.05) is 32.4 Å². The van der Waals surface area contributed by atoms with E-state index in [9.17, 15) is 9.59 Å². The minimum Gasteiger partial charge on any atom is -0.357 e. The van der Waals surface area contributed by atoms with Crippen LogP contribution in [0, 0.1) is 5.41 Å². The van der Waals surface area contributed by atoms with E-state index in [1.54, 1.807) is 29.9 Å². The SMILES string of the molecule is CNC(=O)[C@@H](NC(=O)c1cc(-n2cccc2)n(-c2ccc(Cl)cc2)n1)C(C)(C)C.